The van der Waals surface area contributed by atoms with Gasteiger partial charge in [0.25, 0.3) is 5.91 Å². The summed E-state index contributed by atoms with van der Waals surface area (Å²) in [5.74, 6) is -0.0364. The van der Waals surface area contributed by atoms with Gasteiger partial charge in [-0.1, -0.05) is 0 Å². The molecule has 0 aromatic carbocycles. The van der Waals surface area contributed by atoms with Crippen LogP contribution >= 0.6 is 0 Å². The highest BCUT2D eigenvalue weighted by atomic mass is 16.3. The third kappa shape index (κ3) is 2.14. The zero-order chi connectivity index (χ0) is 9.80. The molecule has 1 aliphatic rings. The van der Waals surface area contributed by atoms with E-state index in [0.717, 1.165) is 25.9 Å². The van der Waals surface area contributed by atoms with Crippen molar-refractivity contribution in [3.8, 4) is 0 Å². The van der Waals surface area contributed by atoms with Crippen LogP contribution in [0.5, 0.6) is 0 Å². The summed E-state index contributed by atoms with van der Waals surface area (Å²) in [4.78, 5) is 11.6. The smallest absolute Gasteiger partial charge is 0.254 e. The van der Waals surface area contributed by atoms with Crippen molar-refractivity contribution < 1.29 is 9.21 Å². The molecule has 0 unspecified atom stereocenters. The van der Waals surface area contributed by atoms with Crippen LogP contribution < -0.4 is 10.6 Å². The highest BCUT2D eigenvalue weighted by molar-refractivity contribution is 5.93. The van der Waals surface area contributed by atoms with Gasteiger partial charge in [-0.25, -0.2) is 0 Å². The Morgan fingerprint density at radius 2 is 2.29 bits per heavy atom. The summed E-state index contributed by atoms with van der Waals surface area (Å²) >= 11 is 0. The van der Waals surface area contributed by atoms with Gasteiger partial charge in [-0.05, 0) is 32.0 Å². The van der Waals surface area contributed by atoms with Crippen LogP contribution in [0.15, 0.2) is 23.0 Å². The first-order valence-electron chi connectivity index (χ1n) is 4.90. The fourth-order valence-electron chi connectivity index (χ4n) is 1.63. The van der Waals surface area contributed by atoms with E-state index >= 15 is 0 Å². The molecule has 1 amide bonds. The third-order valence-corrected chi connectivity index (χ3v) is 2.46. The van der Waals surface area contributed by atoms with Crippen LogP contribution in [0.2, 0.25) is 0 Å². The van der Waals surface area contributed by atoms with Crippen LogP contribution in [0.25, 0.3) is 0 Å². The zero-order valence-corrected chi connectivity index (χ0v) is 7.95. The van der Waals surface area contributed by atoms with Crippen molar-refractivity contribution in [3.63, 3.8) is 0 Å². The molecular formula is C10H14N2O2. The lowest BCUT2D eigenvalue weighted by Gasteiger charge is -2.23. The number of carbonyl (C=O) groups excluding carboxylic acids is 1. The Balaban J connectivity index is 1.87. The molecule has 0 radical (unpaired) electrons. The molecule has 2 rings (SSSR count). The first kappa shape index (κ1) is 9.27. The van der Waals surface area contributed by atoms with E-state index < -0.39 is 0 Å². The van der Waals surface area contributed by atoms with Crippen molar-refractivity contribution in [2.45, 2.75) is 18.9 Å². The van der Waals surface area contributed by atoms with Gasteiger partial charge in [-0.3, -0.25) is 4.79 Å². The van der Waals surface area contributed by atoms with E-state index in [4.69, 9.17) is 4.42 Å². The SMILES string of the molecule is O=C(NC1CCNCC1)c1ccoc1. The first-order chi connectivity index (χ1) is 6.86. The average Bonchev–Trinajstić information content (AvgIpc) is 2.72. The van der Waals surface area contributed by atoms with Gasteiger partial charge >= 0.3 is 0 Å². The van der Waals surface area contributed by atoms with Gasteiger partial charge in [0.15, 0.2) is 0 Å². The third-order valence-electron chi connectivity index (χ3n) is 2.46. The largest absolute Gasteiger partial charge is 0.472 e. The second kappa shape index (κ2) is 4.28. The molecule has 1 aliphatic heterocycles. The van der Waals surface area contributed by atoms with E-state index in [0.29, 0.717) is 11.6 Å². The Bertz CT molecular complexity index is 289. The van der Waals surface area contributed by atoms with Crippen LogP contribution in [0.3, 0.4) is 0 Å². The van der Waals surface area contributed by atoms with Gasteiger partial charge in [0.2, 0.25) is 0 Å². The van der Waals surface area contributed by atoms with Gasteiger partial charge in [-0.2, -0.15) is 0 Å². The van der Waals surface area contributed by atoms with Crippen LogP contribution in [0, 0.1) is 0 Å². The summed E-state index contributed by atoms with van der Waals surface area (Å²) in [7, 11) is 0. The molecule has 4 nitrogen and oxygen atoms in total. The quantitative estimate of drug-likeness (QED) is 0.730. The highest BCUT2D eigenvalue weighted by Gasteiger charge is 2.16. The summed E-state index contributed by atoms with van der Waals surface area (Å²) < 4.78 is 4.85. The summed E-state index contributed by atoms with van der Waals surface area (Å²) in [6.45, 7) is 1.96. The van der Waals surface area contributed by atoms with E-state index in [2.05, 4.69) is 10.6 Å². The Morgan fingerprint density at radius 1 is 1.50 bits per heavy atom. The maximum absolute atomic E-state index is 11.6. The minimum atomic E-state index is -0.0364. The highest BCUT2D eigenvalue weighted by Crippen LogP contribution is 2.05. The second-order valence-electron chi connectivity index (χ2n) is 3.51. The molecule has 76 valence electrons. The number of hydrogen-bond donors (Lipinski definition) is 2. The number of rotatable bonds is 2. The Morgan fingerprint density at radius 3 is 2.93 bits per heavy atom. The molecule has 0 bridgehead atoms. The second-order valence-corrected chi connectivity index (χ2v) is 3.51. The van der Waals surface area contributed by atoms with Gasteiger partial charge < -0.3 is 15.1 Å². The summed E-state index contributed by atoms with van der Waals surface area (Å²) in [6.07, 6.45) is 4.99. The van der Waals surface area contributed by atoms with Crippen molar-refractivity contribution in [1.82, 2.24) is 10.6 Å². The molecule has 1 aromatic heterocycles. The number of piperidine rings is 1. The maximum Gasteiger partial charge on any atom is 0.254 e. The summed E-state index contributed by atoms with van der Waals surface area (Å²) in [5, 5.41) is 6.24. The number of nitrogens with one attached hydrogen (secondary N) is 2. The molecule has 1 saturated heterocycles. The predicted octanol–water partition coefficient (Wildman–Crippen LogP) is 0.761. The normalized spacial score (nSPS) is 18.0. The molecule has 4 heteroatoms. The zero-order valence-electron chi connectivity index (χ0n) is 7.95. The summed E-state index contributed by atoms with van der Waals surface area (Å²) in [5.41, 5.74) is 0.600. The predicted molar refractivity (Wildman–Crippen MR) is 52.1 cm³/mol. The van der Waals surface area contributed by atoms with Gasteiger partial charge in [0.05, 0.1) is 11.8 Å². The van der Waals surface area contributed by atoms with Crippen LogP contribution in [0.4, 0.5) is 0 Å². The van der Waals surface area contributed by atoms with Crippen LogP contribution in [0.1, 0.15) is 23.2 Å². The van der Waals surface area contributed by atoms with Crippen molar-refractivity contribution in [2.24, 2.45) is 0 Å². The average molecular weight is 194 g/mol. The molecule has 0 spiro atoms. The first-order valence-corrected chi connectivity index (χ1v) is 4.90. The monoisotopic (exact) mass is 194 g/mol. The van der Waals surface area contributed by atoms with E-state index in [1.54, 1.807) is 6.07 Å². The van der Waals surface area contributed by atoms with E-state index in [1.807, 2.05) is 0 Å². The molecule has 1 aromatic rings. The molecular weight excluding hydrogens is 180 g/mol. The minimum absolute atomic E-state index is 0.0364. The Kier molecular flexibility index (Phi) is 2.84. The van der Waals surface area contributed by atoms with Crippen molar-refractivity contribution in [2.75, 3.05) is 13.1 Å². The fourth-order valence-corrected chi connectivity index (χ4v) is 1.63. The molecule has 0 saturated carbocycles. The van der Waals surface area contributed by atoms with Crippen molar-refractivity contribution in [3.05, 3.63) is 24.2 Å². The van der Waals surface area contributed by atoms with Gasteiger partial charge in [0, 0.05) is 6.04 Å². The van der Waals surface area contributed by atoms with Gasteiger partial charge in [0.1, 0.15) is 6.26 Å². The Hall–Kier alpha value is -1.29. The van der Waals surface area contributed by atoms with E-state index in [1.165, 1.54) is 12.5 Å². The van der Waals surface area contributed by atoms with E-state index in [-0.39, 0.29) is 5.91 Å². The Labute approximate surface area is 82.7 Å². The number of carbonyl (C=O) groups is 1. The molecule has 14 heavy (non-hydrogen) atoms. The minimum Gasteiger partial charge on any atom is -0.472 e. The van der Waals surface area contributed by atoms with Crippen LogP contribution in [-0.2, 0) is 0 Å². The fraction of sp³-hybridized carbons (Fsp3) is 0.500. The molecule has 2 heterocycles. The van der Waals surface area contributed by atoms with Crippen molar-refractivity contribution in [1.29, 1.82) is 0 Å². The maximum atomic E-state index is 11.6. The topological polar surface area (TPSA) is 54.3 Å². The number of furan rings is 1. The van der Waals surface area contributed by atoms with Crippen LogP contribution in [-0.4, -0.2) is 25.0 Å². The lowest BCUT2D eigenvalue weighted by atomic mass is 10.1. The number of amides is 1. The standard InChI is InChI=1S/C10H14N2O2/c13-10(8-3-6-14-7-8)12-9-1-4-11-5-2-9/h3,6-7,9,11H,1-2,4-5H2,(H,12,13). The molecule has 0 atom stereocenters. The number of hydrogen-bond acceptors (Lipinski definition) is 3. The molecule has 1 fully saturated rings. The van der Waals surface area contributed by atoms with Crippen molar-refractivity contribution >= 4 is 5.91 Å². The van der Waals surface area contributed by atoms with Gasteiger partial charge in [-0.15, -0.1) is 0 Å². The molecule has 2 N–H and O–H groups in total. The summed E-state index contributed by atoms with van der Waals surface area (Å²) in [6, 6.07) is 1.98. The van der Waals surface area contributed by atoms with E-state index in [9.17, 15) is 4.79 Å². The molecule has 0 aliphatic carbocycles. The lowest BCUT2D eigenvalue weighted by molar-refractivity contribution is 0.0929. The lowest BCUT2D eigenvalue weighted by Crippen LogP contribution is -2.42.